The minimum atomic E-state index is -0.940. The van der Waals surface area contributed by atoms with Gasteiger partial charge in [0.25, 0.3) is 11.8 Å². The lowest BCUT2D eigenvalue weighted by Crippen LogP contribution is -2.59. The fourth-order valence-corrected chi connectivity index (χ4v) is 5.31. The van der Waals surface area contributed by atoms with Crippen LogP contribution in [0.15, 0.2) is 84.9 Å². The molecule has 1 N–H and O–H groups in total. The Hall–Kier alpha value is -3.97. The second kappa shape index (κ2) is 11.2. The van der Waals surface area contributed by atoms with Crippen LogP contribution in [-0.4, -0.2) is 59.0 Å². The molecule has 2 aliphatic rings. The molecule has 0 radical (unpaired) electrons. The first kappa shape index (κ1) is 25.7. The summed E-state index contributed by atoms with van der Waals surface area (Å²) in [5, 5.41) is 2.98. The number of rotatable bonds is 6. The van der Waals surface area contributed by atoms with Gasteiger partial charge in [0.1, 0.15) is 11.8 Å². The van der Waals surface area contributed by atoms with Crippen LogP contribution in [0.2, 0.25) is 0 Å². The summed E-state index contributed by atoms with van der Waals surface area (Å²) in [6.45, 7) is 3.44. The second-order valence-electron chi connectivity index (χ2n) is 9.86. The van der Waals surface area contributed by atoms with Gasteiger partial charge in [-0.1, -0.05) is 67.6 Å². The van der Waals surface area contributed by atoms with Crippen LogP contribution in [-0.2, 0) is 22.5 Å². The van der Waals surface area contributed by atoms with E-state index in [0.29, 0.717) is 43.6 Å². The number of likely N-dealkylation sites (tertiary alicyclic amines) is 1. The van der Waals surface area contributed by atoms with Crippen LogP contribution in [0.25, 0.3) is 0 Å². The third kappa shape index (κ3) is 5.20. The summed E-state index contributed by atoms with van der Waals surface area (Å²) in [5.74, 6) is -0.513. The predicted molar refractivity (Wildman–Crippen MR) is 144 cm³/mol. The number of hydrogen-bond acceptors (Lipinski definition) is 4. The molecule has 196 valence electrons. The summed E-state index contributed by atoms with van der Waals surface area (Å²) in [6, 6.07) is 25.6. The summed E-state index contributed by atoms with van der Waals surface area (Å²) < 4.78 is 6.29. The van der Waals surface area contributed by atoms with Crippen molar-refractivity contribution in [2.24, 2.45) is 0 Å². The van der Waals surface area contributed by atoms with Gasteiger partial charge in [0.2, 0.25) is 5.91 Å². The van der Waals surface area contributed by atoms with Crippen LogP contribution in [0.4, 0.5) is 0 Å². The van der Waals surface area contributed by atoms with Gasteiger partial charge in [0.05, 0.1) is 6.61 Å². The monoisotopic (exact) mass is 511 g/mol. The highest BCUT2D eigenvalue weighted by Gasteiger charge is 2.54. The number of piperidine rings is 1. The van der Waals surface area contributed by atoms with Crippen molar-refractivity contribution in [3.05, 3.63) is 107 Å². The van der Waals surface area contributed by atoms with E-state index in [1.165, 1.54) is 5.56 Å². The molecule has 1 spiro atoms. The lowest BCUT2D eigenvalue weighted by Gasteiger charge is -2.44. The molecule has 5 rings (SSSR count). The van der Waals surface area contributed by atoms with Crippen molar-refractivity contribution in [2.45, 2.75) is 44.5 Å². The fourth-order valence-electron chi connectivity index (χ4n) is 5.31. The van der Waals surface area contributed by atoms with Crippen molar-refractivity contribution in [3.8, 4) is 0 Å². The molecular weight excluding hydrogens is 478 g/mol. The first-order valence-electron chi connectivity index (χ1n) is 13.2. The third-order valence-electron chi connectivity index (χ3n) is 7.55. The Labute approximate surface area is 223 Å². The van der Waals surface area contributed by atoms with Gasteiger partial charge < -0.3 is 15.0 Å². The van der Waals surface area contributed by atoms with Gasteiger partial charge in [-0.2, -0.15) is 0 Å². The molecule has 7 heteroatoms. The maximum Gasteiger partial charge on any atom is 0.256 e. The molecule has 1 atom stereocenters. The number of amides is 3. The van der Waals surface area contributed by atoms with Crippen LogP contribution in [0.5, 0.6) is 0 Å². The number of carbonyl (C=O) groups is 3. The van der Waals surface area contributed by atoms with Crippen LogP contribution in [0, 0.1) is 0 Å². The summed E-state index contributed by atoms with van der Waals surface area (Å²) in [7, 11) is 0. The Bertz CT molecular complexity index is 1270. The Morgan fingerprint density at radius 2 is 1.42 bits per heavy atom. The average Bonchev–Trinajstić information content (AvgIpc) is 3.35. The number of aryl methyl sites for hydroxylation is 1. The third-order valence-corrected chi connectivity index (χ3v) is 7.55. The molecule has 2 aliphatic heterocycles. The van der Waals surface area contributed by atoms with E-state index >= 15 is 0 Å². The maximum atomic E-state index is 13.8. The number of nitrogens with one attached hydrogen (secondary N) is 1. The summed E-state index contributed by atoms with van der Waals surface area (Å²) in [5.41, 5.74) is 2.39. The van der Waals surface area contributed by atoms with E-state index in [2.05, 4.69) is 12.2 Å². The van der Waals surface area contributed by atoms with E-state index in [-0.39, 0.29) is 24.3 Å². The first-order chi connectivity index (χ1) is 18.5. The smallest absolute Gasteiger partial charge is 0.256 e. The van der Waals surface area contributed by atoms with Crippen LogP contribution >= 0.6 is 0 Å². The molecular formula is C31H33N3O4. The van der Waals surface area contributed by atoms with Crippen molar-refractivity contribution < 1.29 is 19.1 Å². The predicted octanol–water partition coefficient (Wildman–Crippen LogP) is 4.04. The number of carbonyl (C=O) groups excluding carboxylic acids is 3. The SMILES string of the molecule is CCc1ccc(C(=O)N2CCC3(CC2)OCC(C(=O)NCc2ccccc2)N3C(=O)c2ccccc2)cc1. The largest absolute Gasteiger partial charge is 0.353 e. The van der Waals surface area contributed by atoms with Crippen LogP contribution in [0.3, 0.4) is 0 Å². The van der Waals surface area contributed by atoms with Crippen molar-refractivity contribution in [2.75, 3.05) is 19.7 Å². The second-order valence-corrected chi connectivity index (χ2v) is 9.86. The highest BCUT2D eigenvalue weighted by atomic mass is 16.5. The Balaban J connectivity index is 1.33. The van der Waals surface area contributed by atoms with Crippen molar-refractivity contribution in [1.82, 2.24) is 15.1 Å². The van der Waals surface area contributed by atoms with Crippen molar-refractivity contribution >= 4 is 17.7 Å². The average molecular weight is 512 g/mol. The number of nitrogens with zero attached hydrogens (tertiary/aromatic N) is 2. The zero-order valence-electron chi connectivity index (χ0n) is 21.6. The summed E-state index contributed by atoms with van der Waals surface area (Å²) >= 11 is 0. The number of ether oxygens (including phenoxy) is 1. The minimum Gasteiger partial charge on any atom is -0.353 e. The van der Waals surface area contributed by atoms with Gasteiger partial charge >= 0.3 is 0 Å². The molecule has 0 saturated carbocycles. The molecule has 1 unspecified atom stereocenters. The Morgan fingerprint density at radius 1 is 0.816 bits per heavy atom. The van der Waals surface area contributed by atoms with Gasteiger partial charge in [-0.25, -0.2) is 0 Å². The van der Waals surface area contributed by atoms with Gasteiger partial charge in [0.15, 0.2) is 0 Å². The molecule has 38 heavy (non-hydrogen) atoms. The van der Waals surface area contributed by atoms with Gasteiger partial charge in [-0.3, -0.25) is 19.3 Å². The topological polar surface area (TPSA) is 79.0 Å². The molecule has 0 aromatic heterocycles. The van der Waals surface area contributed by atoms with Gasteiger partial charge in [0, 0.05) is 43.6 Å². The molecule has 2 heterocycles. The standard InChI is InChI=1S/C31H33N3O4/c1-2-23-13-15-26(16-14-23)29(36)33-19-17-31(18-20-33)34(30(37)25-11-7-4-8-12-25)27(22-38-31)28(35)32-21-24-9-5-3-6-10-24/h3-16,27H,2,17-22H2,1H3,(H,32,35). The Morgan fingerprint density at radius 3 is 2.05 bits per heavy atom. The molecule has 0 aliphatic carbocycles. The normalized spacial score (nSPS) is 18.4. The fraction of sp³-hybridized carbons (Fsp3) is 0.323. The molecule has 3 aromatic rings. The summed E-state index contributed by atoms with van der Waals surface area (Å²) in [4.78, 5) is 43.8. The minimum absolute atomic E-state index is 0.0291. The van der Waals surface area contributed by atoms with E-state index < -0.39 is 11.8 Å². The lowest BCUT2D eigenvalue weighted by molar-refractivity contribution is -0.128. The van der Waals surface area contributed by atoms with E-state index in [1.807, 2.05) is 77.7 Å². The van der Waals surface area contributed by atoms with Gasteiger partial charge in [-0.05, 0) is 41.8 Å². The molecule has 2 fully saturated rings. The van der Waals surface area contributed by atoms with E-state index in [1.54, 1.807) is 17.0 Å². The number of benzene rings is 3. The zero-order chi connectivity index (χ0) is 26.5. The first-order valence-corrected chi connectivity index (χ1v) is 13.2. The molecule has 7 nitrogen and oxygen atoms in total. The number of hydrogen-bond donors (Lipinski definition) is 1. The molecule has 3 aromatic carbocycles. The summed E-state index contributed by atoms with van der Waals surface area (Å²) in [6.07, 6.45) is 1.79. The lowest BCUT2D eigenvalue weighted by atomic mass is 9.96. The van der Waals surface area contributed by atoms with Gasteiger partial charge in [-0.15, -0.1) is 0 Å². The van der Waals surface area contributed by atoms with E-state index in [0.717, 1.165) is 12.0 Å². The van der Waals surface area contributed by atoms with E-state index in [9.17, 15) is 14.4 Å². The maximum absolute atomic E-state index is 13.8. The quantitative estimate of drug-likeness (QED) is 0.542. The highest BCUT2D eigenvalue weighted by molar-refractivity contribution is 5.98. The molecule has 0 bridgehead atoms. The van der Waals surface area contributed by atoms with Crippen LogP contribution in [0.1, 0.15) is 51.6 Å². The molecule has 3 amide bonds. The van der Waals surface area contributed by atoms with Crippen LogP contribution < -0.4 is 5.32 Å². The van der Waals surface area contributed by atoms with Crippen molar-refractivity contribution in [1.29, 1.82) is 0 Å². The zero-order valence-corrected chi connectivity index (χ0v) is 21.6. The van der Waals surface area contributed by atoms with Crippen molar-refractivity contribution in [3.63, 3.8) is 0 Å². The highest BCUT2D eigenvalue weighted by Crippen LogP contribution is 2.39. The molecule has 2 saturated heterocycles. The Kier molecular flexibility index (Phi) is 7.56. The van der Waals surface area contributed by atoms with E-state index in [4.69, 9.17) is 4.74 Å².